The fourth-order valence-corrected chi connectivity index (χ4v) is 3.07. The number of carboxylic acid groups (broad SMARTS) is 1. The molecule has 18 heavy (non-hydrogen) atoms. The van der Waals surface area contributed by atoms with Crippen LogP contribution in [0.2, 0.25) is 0 Å². The highest BCUT2D eigenvalue weighted by Gasteiger charge is 2.27. The van der Waals surface area contributed by atoms with E-state index in [1.165, 1.54) is 22.3 Å². The third-order valence-corrected chi connectivity index (χ3v) is 4.62. The molecule has 1 aromatic carbocycles. The number of aryl methyl sites for hydroxylation is 1. The number of hydrogen-bond donors (Lipinski definition) is 1. The van der Waals surface area contributed by atoms with Crippen molar-refractivity contribution in [3.05, 3.63) is 34.4 Å². The van der Waals surface area contributed by atoms with Crippen molar-refractivity contribution in [2.24, 2.45) is 5.92 Å². The number of carbonyl (C=O) groups is 1. The number of benzene rings is 1. The van der Waals surface area contributed by atoms with E-state index < -0.39 is 5.97 Å². The summed E-state index contributed by atoms with van der Waals surface area (Å²) in [7, 11) is 0. The fraction of sp³-hybridized carbons (Fsp3) is 0.562. The number of rotatable bonds is 2. The standard InChI is InChI=1S/C16H22O2/c1-10-4-9-15(12(3)11(10)2)13-5-7-14(8-6-13)16(17)18/h4,9,13-14H,5-8H2,1-3H3,(H,17,18). The van der Waals surface area contributed by atoms with Gasteiger partial charge in [0.25, 0.3) is 0 Å². The first-order chi connectivity index (χ1) is 8.50. The molecular weight excluding hydrogens is 224 g/mol. The van der Waals surface area contributed by atoms with Crippen LogP contribution in [0.1, 0.15) is 53.9 Å². The van der Waals surface area contributed by atoms with E-state index in [9.17, 15) is 4.79 Å². The highest BCUT2D eigenvalue weighted by molar-refractivity contribution is 5.70. The third-order valence-electron chi connectivity index (χ3n) is 4.62. The molecule has 0 unspecified atom stereocenters. The van der Waals surface area contributed by atoms with Crippen molar-refractivity contribution in [3.63, 3.8) is 0 Å². The zero-order valence-corrected chi connectivity index (χ0v) is 11.5. The van der Waals surface area contributed by atoms with Crippen molar-refractivity contribution in [3.8, 4) is 0 Å². The van der Waals surface area contributed by atoms with E-state index in [1.807, 2.05) is 0 Å². The maximum Gasteiger partial charge on any atom is 0.306 e. The Labute approximate surface area is 109 Å². The molecule has 1 aromatic rings. The van der Waals surface area contributed by atoms with Gasteiger partial charge in [0.2, 0.25) is 0 Å². The summed E-state index contributed by atoms with van der Waals surface area (Å²) in [6.07, 6.45) is 3.68. The van der Waals surface area contributed by atoms with E-state index in [4.69, 9.17) is 5.11 Å². The maximum atomic E-state index is 11.0. The normalized spacial score (nSPS) is 23.9. The molecule has 1 aliphatic rings. The third kappa shape index (κ3) is 2.43. The number of aliphatic carboxylic acids is 1. The van der Waals surface area contributed by atoms with Crippen LogP contribution in [-0.4, -0.2) is 11.1 Å². The molecule has 0 bridgehead atoms. The van der Waals surface area contributed by atoms with Crippen LogP contribution in [0.3, 0.4) is 0 Å². The van der Waals surface area contributed by atoms with E-state index in [0.29, 0.717) is 5.92 Å². The Balaban J connectivity index is 2.15. The zero-order chi connectivity index (χ0) is 13.3. The molecule has 0 saturated heterocycles. The van der Waals surface area contributed by atoms with Crippen molar-refractivity contribution in [1.29, 1.82) is 0 Å². The van der Waals surface area contributed by atoms with Crippen LogP contribution in [0, 0.1) is 26.7 Å². The quantitative estimate of drug-likeness (QED) is 0.857. The second-order valence-corrected chi connectivity index (χ2v) is 5.61. The van der Waals surface area contributed by atoms with Crippen LogP contribution in [0.4, 0.5) is 0 Å². The molecule has 0 aliphatic heterocycles. The van der Waals surface area contributed by atoms with Crippen LogP contribution < -0.4 is 0 Å². The first kappa shape index (κ1) is 13.1. The Morgan fingerprint density at radius 2 is 1.67 bits per heavy atom. The lowest BCUT2D eigenvalue weighted by Crippen LogP contribution is -2.21. The van der Waals surface area contributed by atoms with Crippen molar-refractivity contribution in [2.45, 2.75) is 52.4 Å². The molecule has 0 aromatic heterocycles. The van der Waals surface area contributed by atoms with Gasteiger partial charge in [-0.3, -0.25) is 4.79 Å². The minimum absolute atomic E-state index is 0.117. The minimum Gasteiger partial charge on any atom is -0.481 e. The lowest BCUT2D eigenvalue weighted by molar-refractivity contribution is -0.142. The van der Waals surface area contributed by atoms with Crippen LogP contribution in [0.15, 0.2) is 12.1 Å². The molecule has 1 saturated carbocycles. The summed E-state index contributed by atoms with van der Waals surface area (Å²) in [6, 6.07) is 4.43. The highest BCUT2D eigenvalue weighted by atomic mass is 16.4. The second kappa shape index (κ2) is 5.13. The molecule has 1 fully saturated rings. The molecular formula is C16H22O2. The van der Waals surface area contributed by atoms with Gasteiger partial charge in [-0.2, -0.15) is 0 Å². The van der Waals surface area contributed by atoms with Crippen LogP contribution in [-0.2, 0) is 4.79 Å². The SMILES string of the molecule is Cc1ccc(C2CCC(C(=O)O)CC2)c(C)c1C. The predicted octanol–water partition coefficient (Wildman–Crippen LogP) is 3.97. The molecule has 2 heteroatoms. The largest absolute Gasteiger partial charge is 0.481 e. The summed E-state index contributed by atoms with van der Waals surface area (Å²) < 4.78 is 0. The van der Waals surface area contributed by atoms with Crippen molar-refractivity contribution < 1.29 is 9.90 Å². The van der Waals surface area contributed by atoms with E-state index >= 15 is 0 Å². The smallest absolute Gasteiger partial charge is 0.306 e. The van der Waals surface area contributed by atoms with E-state index in [1.54, 1.807) is 0 Å². The Hall–Kier alpha value is -1.31. The highest BCUT2D eigenvalue weighted by Crippen LogP contribution is 2.38. The average Bonchev–Trinajstić information content (AvgIpc) is 2.36. The van der Waals surface area contributed by atoms with Crippen molar-refractivity contribution in [1.82, 2.24) is 0 Å². The van der Waals surface area contributed by atoms with Gasteiger partial charge in [0.05, 0.1) is 5.92 Å². The molecule has 0 spiro atoms. The van der Waals surface area contributed by atoms with Gasteiger partial charge in [0, 0.05) is 0 Å². The van der Waals surface area contributed by atoms with E-state index in [2.05, 4.69) is 32.9 Å². The van der Waals surface area contributed by atoms with Crippen molar-refractivity contribution >= 4 is 5.97 Å². The first-order valence-electron chi connectivity index (χ1n) is 6.80. The number of carboxylic acids is 1. The average molecular weight is 246 g/mol. The lowest BCUT2D eigenvalue weighted by atomic mass is 9.77. The van der Waals surface area contributed by atoms with Gasteiger partial charge in [-0.1, -0.05) is 12.1 Å². The van der Waals surface area contributed by atoms with Gasteiger partial charge in [-0.15, -0.1) is 0 Å². The maximum absolute atomic E-state index is 11.0. The van der Waals surface area contributed by atoms with Gasteiger partial charge < -0.3 is 5.11 Å². The van der Waals surface area contributed by atoms with Gasteiger partial charge in [0.15, 0.2) is 0 Å². The molecule has 0 atom stereocenters. The van der Waals surface area contributed by atoms with Crippen LogP contribution in [0.25, 0.3) is 0 Å². The molecule has 0 amide bonds. The van der Waals surface area contributed by atoms with Gasteiger partial charge in [0.1, 0.15) is 0 Å². The van der Waals surface area contributed by atoms with Gasteiger partial charge >= 0.3 is 5.97 Å². The predicted molar refractivity (Wildman–Crippen MR) is 73.0 cm³/mol. The molecule has 2 rings (SSSR count). The summed E-state index contributed by atoms with van der Waals surface area (Å²) in [4.78, 5) is 11.0. The topological polar surface area (TPSA) is 37.3 Å². The van der Waals surface area contributed by atoms with E-state index in [0.717, 1.165) is 25.7 Å². The fourth-order valence-electron chi connectivity index (χ4n) is 3.07. The molecule has 2 nitrogen and oxygen atoms in total. The van der Waals surface area contributed by atoms with Gasteiger partial charge in [-0.25, -0.2) is 0 Å². The van der Waals surface area contributed by atoms with Crippen LogP contribution in [0.5, 0.6) is 0 Å². The molecule has 1 aliphatic carbocycles. The lowest BCUT2D eigenvalue weighted by Gasteiger charge is -2.28. The summed E-state index contributed by atoms with van der Waals surface area (Å²) in [5.74, 6) is -0.182. The molecule has 0 heterocycles. The van der Waals surface area contributed by atoms with E-state index in [-0.39, 0.29) is 5.92 Å². The number of hydrogen-bond acceptors (Lipinski definition) is 1. The summed E-state index contributed by atoms with van der Waals surface area (Å²) in [6.45, 7) is 6.52. The van der Waals surface area contributed by atoms with Crippen molar-refractivity contribution in [2.75, 3.05) is 0 Å². The summed E-state index contributed by atoms with van der Waals surface area (Å²) in [5, 5.41) is 9.03. The Morgan fingerprint density at radius 1 is 1.06 bits per heavy atom. The summed E-state index contributed by atoms with van der Waals surface area (Å²) >= 11 is 0. The molecule has 0 radical (unpaired) electrons. The first-order valence-corrected chi connectivity index (χ1v) is 6.80. The Kier molecular flexibility index (Phi) is 3.74. The minimum atomic E-state index is -0.620. The monoisotopic (exact) mass is 246 g/mol. The van der Waals surface area contributed by atoms with Crippen LogP contribution >= 0.6 is 0 Å². The Bertz CT molecular complexity index is 454. The zero-order valence-electron chi connectivity index (χ0n) is 11.5. The molecule has 98 valence electrons. The van der Waals surface area contributed by atoms with Gasteiger partial charge in [-0.05, 0) is 74.6 Å². The second-order valence-electron chi connectivity index (χ2n) is 5.61. The molecule has 1 N–H and O–H groups in total. The summed E-state index contributed by atoms with van der Waals surface area (Å²) in [5.41, 5.74) is 5.55. The Morgan fingerprint density at radius 3 is 2.22 bits per heavy atom.